The molecule has 0 aliphatic heterocycles. The van der Waals surface area contributed by atoms with Gasteiger partial charge in [0.1, 0.15) is 0 Å². The molecule has 0 fully saturated rings. The number of halogens is 1. The Labute approximate surface area is 170 Å². The maximum absolute atomic E-state index is 12.5. The molecular formula is C21H25ClN2O4. The first kappa shape index (κ1) is 21.6. The molecule has 2 rings (SSSR count). The monoisotopic (exact) mass is 404 g/mol. The number of rotatable bonds is 7. The molecule has 0 spiro atoms. The fraction of sp³-hybridized carbons (Fsp3) is 0.333. The van der Waals surface area contributed by atoms with Crippen molar-refractivity contribution in [1.82, 2.24) is 5.32 Å². The molecule has 2 aromatic rings. The SMILES string of the molecule is COc1ccc(CCN=C(NC(=O)c2ccccc2Cl)OC(C)C)cc1OC. The lowest BCUT2D eigenvalue weighted by Gasteiger charge is -2.14. The van der Waals surface area contributed by atoms with Gasteiger partial charge >= 0.3 is 0 Å². The fourth-order valence-corrected chi connectivity index (χ4v) is 2.68. The van der Waals surface area contributed by atoms with Crippen molar-refractivity contribution in [3.8, 4) is 11.5 Å². The van der Waals surface area contributed by atoms with Crippen molar-refractivity contribution in [2.24, 2.45) is 4.99 Å². The molecule has 0 unspecified atom stereocenters. The molecule has 0 bridgehead atoms. The molecule has 28 heavy (non-hydrogen) atoms. The summed E-state index contributed by atoms with van der Waals surface area (Å²) in [6.07, 6.45) is 0.513. The number of nitrogens with one attached hydrogen (secondary N) is 1. The molecule has 1 N–H and O–H groups in total. The topological polar surface area (TPSA) is 69.2 Å². The molecule has 1 amide bonds. The van der Waals surface area contributed by atoms with E-state index in [1.165, 1.54) is 0 Å². The average Bonchev–Trinajstić information content (AvgIpc) is 2.67. The van der Waals surface area contributed by atoms with Crippen LogP contribution in [0, 0.1) is 0 Å². The summed E-state index contributed by atoms with van der Waals surface area (Å²) in [7, 11) is 3.19. The van der Waals surface area contributed by atoms with E-state index in [-0.39, 0.29) is 18.0 Å². The number of hydrogen-bond acceptors (Lipinski definition) is 5. The number of hydrogen-bond donors (Lipinski definition) is 1. The average molecular weight is 405 g/mol. The molecule has 6 nitrogen and oxygen atoms in total. The maximum atomic E-state index is 12.5. The Morgan fingerprint density at radius 3 is 2.46 bits per heavy atom. The zero-order chi connectivity index (χ0) is 20.5. The number of carbonyl (C=O) groups excluding carboxylic acids is 1. The van der Waals surface area contributed by atoms with Crippen LogP contribution in [-0.2, 0) is 11.2 Å². The fourth-order valence-electron chi connectivity index (χ4n) is 2.46. The summed E-state index contributed by atoms with van der Waals surface area (Å²) in [6.45, 7) is 4.16. The van der Waals surface area contributed by atoms with Gasteiger partial charge in [-0.3, -0.25) is 10.1 Å². The van der Waals surface area contributed by atoms with Crippen LogP contribution in [0.2, 0.25) is 5.02 Å². The van der Waals surface area contributed by atoms with Gasteiger partial charge in [0, 0.05) is 6.54 Å². The van der Waals surface area contributed by atoms with E-state index >= 15 is 0 Å². The lowest BCUT2D eigenvalue weighted by molar-refractivity contribution is 0.0960. The van der Waals surface area contributed by atoms with Gasteiger partial charge in [0.15, 0.2) is 11.5 Å². The number of aliphatic imine (C=N–C) groups is 1. The Bertz CT molecular complexity index is 837. The van der Waals surface area contributed by atoms with Gasteiger partial charge in [-0.05, 0) is 50.1 Å². The first-order chi connectivity index (χ1) is 13.4. The third-order valence-corrected chi connectivity index (χ3v) is 4.12. The van der Waals surface area contributed by atoms with Gasteiger partial charge in [0.2, 0.25) is 0 Å². The van der Waals surface area contributed by atoms with Crippen LogP contribution in [0.15, 0.2) is 47.5 Å². The minimum atomic E-state index is -0.365. The largest absolute Gasteiger partial charge is 0.493 e. The van der Waals surface area contributed by atoms with Crippen LogP contribution in [0.5, 0.6) is 11.5 Å². The van der Waals surface area contributed by atoms with Crippen LogP contribution in [0.1, 0.15) is 29.8 Å². The van der Waals surface area contributed by atoms with Crippen molar-refractivity contribution in [2.45, 2.75) is 26.4 Å². The van der Waals surface area contributed by atoms with E-state index in [0.717, 1.165) is 5.56 Å². The summed E-state index contributed by atoms with van der Waals surface area (Å²) >= 11 is 6.08. The minimum Gasteiger partial charge on any atom is -0.493 e. The first-order valence-electron chi connectivity index (χ1n) is 8.92. The summed E-state index contributed by atoms with van der Waals surface area (Å²) in [5, 5.41) is 3.06. The van der Waals surface area contributed by atoms with E-state index in [2.05, 4.69) is 10.3 Å². The first-order valence-corrected chi connectivity index (χ1v) is 9.30. The van der Waals surface area contributed by atoms with Gasteiger partial charge in [-0.15, -0.1) is 0 Å². The predicted octanol–water partition coefficient (Wildman–Crippen LogP) is 4.11. The van der Waals surface area contributed by atoms with Gasteiger partial charge < -0.3 is 14.2 Å². The maximum Gasteiger partial charge on any atom is 0.291 e. The van der Waals surface area contributed by atoms with E-state index in [0.29, 0.717) is 35.1 Å². The number of benzene rings is 2. The van der Waals surface area contributed by atoms with Crippen LogP contribution < -0.4 is 14.8 Å². The minimum absolute atomic E-state index is 0.133. The van der Waals surface area contributed by atoms with Crippen LogP contribution >= 0.6 is 11.6 Å². The third-order valence-electron chi connectivity index (χ3n) is 3.79. The molecule has 0 atom stereocenters. The van der Waals surface area contributed by atoms with E-state index in [9.17, 15) is 4.79 Å². The Hall–Kier alpha value is -2.73. The Morgan fingerprint density at radius 2 is 1.82 bits per heavy atom. The van der Waals surface area contributed by atoms with Crippen LogP contribution in [-0.4, -0.2) is 38.8 Å². The predicted molar refractivity (Wildman–Crippen MR) is 111 cm³/mol. The van der Waals surface area contributed by atoms with Crippen molar-refractivity contribution >= 4 is 23.5 Å². The van der Waals surface area contributed by atoms with Crippen molar-refractivity contribution in [2.75, 3.05) is 20.8 Å². The normalized spacial score (nSPS) is 11.3. The van der Waals surface area contributed by atoms with Crippen molar-refractivity contribution in [1.29, 1.82) is 0 Å². The smallest absolute Gasteiger partial charge is 0.291 e. The van der Waals surface area contributed by atoms with Gasteiger partial charge in [0.05, 0.1) is 30.9 Å². The van der Waals surface area contributed by atoms with Gasteiger partial charge in [0.25, 0.3) is 11.9 Å². The summed E-state index contributed by atoms with van der Waals surface area (Å²) in [5.74, 6) is 0.969. The zero-order valence-electron chi connectivity index (χ0n) is 16.5. The van der Waals surface area contributed by atoms with Crippen molar-refractivity contribution in [3.05, 3.63) is 58.6 Å². The van der Waals surface area contributed by atoms with E-state index in [1.807, 2.05) is 32.0 Å². The van der Waals surface area contributed by atoms with Gasteiger partial charge in [-0.2, -0.15) is 0 Å². The standard InChI is InChI=1S/C21H25ClN2O4/c1-14(2)28-21(24-20(25)16-7-5-6-8-17(16)22)23-12-11-15-9-10-18(26-3)19(13-15)27-4/h5-10,13-14H,11-12H2,1-4H3,(H,23,24,25). The number of ether oxygens (including phenoxy) is 3. The highest BCUT2D eigenvalue weighted by molar-refractivity contribution is 6.34. The van der Waals surface area contributed by atoms with E-state index in [1.54, 1.807) is 38.5 Å². The summed E-state index contributed by atoms with van der Waals surface area (Å²) in [4.78, 5) is 16.9. The second-order valence-corrected chi connectivity index (χ2v) is 6.63. The second kappa shape index (κ2) is 10.6. The summed E-state index contributed by atoms with van der Waals surface area (Å²) in [6, 6.07) is 12.7. The molecule has 2 aromatic carbocycles. The Kier molecular flexibility index (Phi) is 8.14. The highest BCUT2D eigenvalue weighted by Crippen LogP contribution is 2.27. The highest BCUT2D eigenvalue weighted by Gasteiger charge is 2.14. The molecule has 0 saturated heterocycles. The van der Waals surface area contributed by atoms with Crippen molar-refractivity contribution < 1.29 is 19.0 Å². The molecule has 150 valence electrons. The number of carbonyl (C=O) groups is 1. The lowest BCUT2D eigenvalue weighted by atomic mass is 10.1. The zero-order valence-corrected chi connectivity index (χ0v) is 17.2. The molecule has 0 saturated carbocycles. The molecule has 0 aliphatic carbocycles. The molecule has 0 heterocycles. The van der Waals surface area contributed by atoms with Crippen LogP contribution in [0.3, 0.4) is 0 Å². The lowest BCUT2D eigenvalue weighted by Crippen LogP contribution is -2.34. The summed E-state index contributed by atoms with van der Waals surface area (Å²) < 4.78 is 16.2. The molecular weight excluding hydrogens is 380 g/mol. The quantitative estimate of drug-likeness (QED) is 0.557. The Balaban J connectivity index is 2.07. The molecule has 0 aromatic heterocycles. The highest BCUT2D eigenvalue weighted by atomic mass is 35.5. The number of amidine groups is 1. The third kappa shape index (κ3) is 6.16. The molecule has 0 radical (unpaired) electrons. The molecule has 7 heteroatoms. The van der Waals surface area contributed by atoms with Gasteiger partial charge in [-0.1, -0.05) is 29.8 Å². The van der Waals surface area contributed by atoms with Crippen molar-refractivity contribution in [3.63, 3.8) is 0 Å². The number of amides is 1. The van der Waals surface area contributed by atoms with E-state index in [4.69, 9.17) is 25.8 Å². The number of nitrogens with zero attached hydrogens (tertiary/aromatic N) is 1. The molecule has 0 aliphatic rings. The van der Waals surface area contributed by atoms with Gasteiger partial charge in [-0.25, -0.2) is 4.99 Å². The van der Waals surface area contributed by atoms with Crippen LogP contribution in [0.25, 0.3) is 0 Å². The Morgan fingerprint density at radius 1 is 1.11 bits per heavy atom. The van der Waals surface area contributed by atoms with Crippen LogP contribution in [0.4, 0.5) is 0 Å². The summed E-state index contributed by atoms with van der Waals surface area (Å²) in [5.41, 5.74) is 1.40. The second-order valence-electron chi connectivity index (χ2n) is 6.23. The van der Waals surface area contributed by atoms with E-state index < -0.39 is 0 Å². The number of methoxy groups -OCH3 is 2.